The van der Waals surface area contributed by atoms with Crippen LogP contribution in [-0.2, 0) is 0 Å². The van der Waals surface area contributed by atoms with Crippen LogP contribution in [-0.4, -0.2) is 24.9 Å². The van der Waals surface area contributed by atoms with E-state index >= 15 is 0 Å². The maximum atomic E-state index is 9.78. The van der Waals surface area contributed by atoms with Crippen LogP contribution >= 0.6 is 15.9 Å². The van der Waals surface area contributed by atoms with Gasteiger partial charge in [0.25, 0.3) is 0 Å². The number of hydrogen-bond acceptors (Lipinski definition) is 3. The molecule has 0 bridgehead atoms. The molecule has 0 saturated carbocycles. The zero-order valence-electron chi connectivity index (χ0n) is 11.4. The van der Waals surface area contributed by atoms with E-state index in [-0.39, 0.29) is 18.1 Å². The van der Waals surface area contributed by atoms with Gasteiger partial charge in [-0.3, -0.25) is 0 Å². The van der Waals surface area contributed by atoms with Crippen LogP contribution in [0.2, 0.25) is 0 Å². The molecule has 1 aromatic carbocycles. The molecule has 0 spiro atoms. The summed E-state index contributed by atoms with van der Waals surface area (Å²) in [5.41, 5.74) is 1.16. The van der Waals surface area contributed by atoms with Crippen molar-refractivity contribution in [1.82, 2.24) is 5.32 Å². The SMILES string of the molecule is COc1ccc(C(C)NCC(O)C(C)C)c(Br)c1. The van der Waals surface area contributed by atoms with E-state index < -0.39 is 0 Å². The number of nitrogens with one attached hydrogen (secondary N) is 1. The molecule has 0 aliphatic heterocycles. The van der Waals surface area contributed by atoms with E-state index in [0.717, 1.165) is 15.8 Å². The first-order valence-electron chi connectivity index (χ1n) is 6.20. The number of benzene rings is 1. The van der Waals surface area contributed by atoms with Crippen LogP contribution in [0.15, 0.2) is 22.7 Å². The first-order valence-corrected chi connectivity index (χ1v) is 7.00. The van der Waals surface area contributed by atoms with Gasteiger partial charge in [-0.25, -0.2) is 0 Å². The van der Waals surface area contributed by atoms with Crippen LogP contribution in [0.1, 0.15) is 32.4 Å². The number of methoxy groups -OCH3 is 1. The molecule has 0 heterocycles. The fourth-order valence-electron chi connectivity index (χ4n) is 1.63. The minimum absolute atomic E-state index is 0.179. The van der Waals surface area contributed by atoms with E-state index in [2.05, 4.69) is 28.2 Å². The average Bonchev–Trinajstić information content (AvgIpc) is 2.34. The third kappa shape index (κ3) is 4.26. The smallest absolute Gasteiger partial charge is 0.120 e. The summed E-state index contributed by atoms with van der Waals surface area (Å²) in [6.45, 7) is 6.71. The lowest BCUT2D eigenvalue weighted by atomic mass is 10.1. The van der Waals surface area contributed by atoms with Crippen LogP contribution in [0.25, 0.3) is 0 Å². The van der Waals surface area contributed by atoms with Crippen LogP contribution in [0, 0.1) is 5.92 Å². The monoisotopic (exact) mass is 315 g/mol. The first-order chi connectivity index (χ1) is 8.45. The number of aliphatic hydroxyl groups excluding tert-OH is 1. The molecule has 3 nitrogen and oxygen atoms in total. The van der Waals surface area contributed by atoms with Gasteiger partial charge in [0.15, 0.2) is 0 Å². The van der Waals surface area contributed by atoms with Crippen molar-refractivity contribution < 1.29 is 9.84 Å². The molecule has 2 atom stereocenters. The molecule has 0 saturated heterocycles. The summed E-state index contributed by atoms with van der Waals surface area (Å²) >= 11 is 3.54. The molecule has 0 aromatic heterocycles. The van der Waals surface area contributed by atoms with Gasteiger partial charge in [-0.2, -0.15) is 0 Å². The minimum Gasteiger partial charge on any atom is -0.497 e. The third-order valence-corrected chi connectivity index (χ3v) is 3.76. The summed E-state index contributed by atoms with van der Waals surface area (Å²) in [6.07, 6.45) is -0.315. The predicted octanol–water partition coefficient (Wildman–Crippen LogP) is 3.13. The minimum atomic E-state index is -0.315. The average molecular weight is 316 g/mol. The van der Waals surface area contributed by atoms with Crippen molar-refractivity contribution in [3.63, 3.8) is 0 Å². The van der Waals surface area contributed by atoms with Gasteiger partial charge >= 0.3 is 0 Å². The van der Waals surface area contributed by atoms with Gasteiger partial charge < -0.3 is 15.2 Å². The van der Waals surface area contributed by atoms with Crippen molar-refractivity contribution in [3.05, 3.63) is 28.2 Å². The molecule has 0 aliphatic rings. The molecular weight excluding hydrogens is 294 g/mol. The van der Waals surface area contributed by atoms with Crippen LogP contribution in [0.4, 0.5) is 0 Å². The van der Waals surface area contributed by atoms with Crippen LogP contribution < -0.4 is 10.1 Å². The van der Waals surface area contributed by atoms with Crippen LogP contribution in [0.3, 0.4) is 0 Å². The van der Waals surface area contributed by atoms with E-state index in [1.54, 1.807) is 7.11 Å². The van der Waals surface area contributed by atoms with E-state index in [0.29, 0.717) is 6.54 Å². The van der Waals surface area contributed by atoms with Gasteiger partial charge in [0.2, 0.25) is 0 Å². The van der Waals surface area contributed by atoms with Gasteiger partial charge in [-0.1, -0.05) is 35.8 Å². The third-order valence-electron chi connectivity index (χ3n) is 3.08. The van der Waals surface area contributed by atoms with Crippen molar-refractivity contribution in [2.45, 2.75) is 32.9 Å². The number of halogens is 1. The Hall–Kier alpha value is -0.580. The molecule has 1 aromatic rings. The Morgan fingerprint density at radius 3 is 2.50 bits per heavy atom. The van der Waals surface area contributed by atoms with E-state index in [1.165, 1.54) is 0 Å². The molecule has 1 rings (SSSR count). The fourth-order valence-corrected chi connectivity index (χ4v) is 2.33. The maximum absolute atomic E-state index is 9.78. The van der Waals surface area contributed by atoms with Crippen molar-refractivity contribution >= 4 is 15.9 Å². The summed E-state index contributed by atoms with van der Waals surface area (Å²) < 4.78 is 6.18. The van der Waals surface area contributed by atoms with Crippen molar-refractivity contribution in [2.75, 3.05) is 13.7 Å². The molecule has 0 amide bonds. The number of ether oxygens (including phenoxy) is 1. The Labute approximate surface area is 118 Å². The van der Waals surface area contributed by atoms with Crippen molar-refractivity contribution in [3.8, 4) is 5.75 Å². The largest absolute Gasteiger partial charge is 0.497 e. The Kier molecular flexibility index (Phi) is 6.12. The molecule has 0 radical (unpaired) electrons. The van der Waals surface area contributed by atoms with Gasteiger partial charge in [0.05, 0.1) is 13.2 Å². The zero-order valence-corrected chi connectivity index (χ0v) is 13.0. The second-order valence-corrected chi connectivity index (χ2v) is 5.68. The lowest BCUT2D eigenvalue weighted by molar-refractivity contribution is 0.120. The first kappa shape index (κ1) is 15.5. The topological polar surface area (TPSA) is 41.5 Å². The van der Waals surface area contributed by atoms with E-state index in [4.69, 9.17) is 4.74 Å². The summed E-state index contributed by atoms with van der Waals surface area (Å²) in [4.78, 5) is 0. The molecule has 18 heavy (non-hydrogen) atoms. The highest BCUT2D eigenvalue weighted by atomic mass is 79.9. The van der Waals surface area contributed by atoms with Crippen molar-refractivity contribution in [1.29, 1.82) is 0 Å². The summed E-state index contributed by atoms with van der Waals surface area (Å²) in [7, 11) is 1.65. The van der Waals surface area contributed by atoms with Gasteiger partial charge in [0, 0.05) is 17.1 Å². The Balaban J connectivity index is 2.64. The quantitative estimate of drug-likeness (QED) is 0.847. The molecular formula is C14H22BrNO2. The highest BCUT2D eigenvalue weighted by Gasteiger charge is 2.13. The lowest BCUT2D eigenvalue weighted by Gasteiger charge is -2.20. The highest BCUT2D eigenvalue weighted by molar-refractivity contribution is 9.10. The highest BCUT2D eigenvalue weighted by Crippen LogP contribution is 2.27. The number of rotatable bonds is 6. The molecule has 0 fully saturated rings. The lowest BCUT2D eigenvalue weighted by Crippen LogP contribution is -2.32. The standard InChI is InChI=1S/C14H22BrNO2/c1-9(2)14(17)8-16-10(3)12-6-5-11(18-4)7-13(12)15/h5-7,9-10,14,16-17H,8H2,1-4H3. The molecule has 2 unspecified atom stereocenters. The van der Waals surface area contributed by atoms with Gasteiger partial charge in [-0.05, 0) is 30.5 Å². The van der Waals surface area contributed by atoms with Crippen LogP contribution in [0.5, 0.6) is 5.75 Å². The summed E-state index contributed by atoms with van der Waals surface area (Å²) in [6, 6.07) is 6.10. The Morgan fingerprint density at radius 2 is 2.00 bits per heavy atom. The molecule has 102 valence electrons. The number of hydrogen-bond donors (Lipinski definition) is 2. The fraction of sp³-hybridized carbons (Fsp3) is 0.571. The Morgan fingerprint density at radius 1 is 1.33 bits per heavy atom. The molecule has 4 heteroatoms. The van der Waals surface area contributed by atoms with Gasteiger partial charge in [0.1, 0.15) is 5.75 Å². The molecule has 0 aliphatic carbocycles. The van der Waals surface area contributed by atoms with Crippen molar-refractivity contribution in [2.24, 2.45) is 5.92 Å². The second-order valence-electron chi connectivity index (χ2n) is 4.83. The second kappa shape index (κ2) is 7.12. The number of aliphatic hydroxyl groups is 1. The molecule has 2 N–H and O–H groups in total. The van der Waals surface area contributed by atoms with E-state index in [9.17, 15) is 5.11 Å². The van der Waals surface area contributed by atoms with Gasteiger partial charge in [-0.15, -0.1) is 0 Å². The van der Waals surface area contributed by atoms with E-state index in [1.807, 2.05) is 32.0 Å². The predicted molar refractivity (Wildman–Crippen MR) is 78.0 cm³/mol. The summed E-state index contributed by atoms with van der Waals surface area (Å²) in [5.74, 6) is 1.10. The summed E-state index contributed by atoms with van der Waals surface area (Å²) in [5, 5.41) is 13.1. The maximum Gasteiger partial charge on any atom is 0.120 e. The normalized spacial score (nSPS) is 14.6. The zero-order chi connectivity index (χ0) is 13.7. The Bertz CT molecular complexity index is 382.